The third-order valence-corrected chi connectivity index (χ3v) is 4.91. The molecule has 2 aromatic heterocycles. The number of rotatable bonds is 4. The molecule has 0 unspecified atom stereocenters. The van der Waals surface area contributed by atoms with Crippen molar-refractivity contribution in [2.45, 2.75) is 38.1 Å². The third kappa shape index (κ3) is 2.78. The molecule has 2 aromatic rings. The topological polar surface area (TPSA) is 43.2 Å². The normalized spacial score (nSPS) is 28.6. The molecule has 5 nitrogen and oxygen atoms in total. The molecule has 116 valence electrons. The quantitative estimate of drug-likeness (QED) is 0.865. The summed E-state index contributed by atoms with van der Waals surface area (Å²) in [5, 5.41) is 4.34. The van der Waals surface area contributed by atoms with Crippen LogP contribution in [0.15, 0.2) is 42.9 Å². The van der Waals surface area contributed by atoms with Gasteiger partial charge < -0.3 is 4.74 Å². The molecule has 0 N–H and O–H groups in total. The van der Waals surface area contributed by atoms with Crippen molar-refractivity contribution in [3.63, 3.8) is 0 Å². The van der Waals surface area contributed by atoms with E-state index in [0.29, 0.717) is 18.1 Å². The first-order valence-corrected chi connectivity index (χ1v) is 8.13. The Bertz CT molecular complexity index is 586. The molecule has 0 spiro atoms. The van der Waals surface area contributed by atoms with E-state index in [0.717, 1.165) is 31.9 Å². The first-order chi connectivity index (χ1) is 10.9. The Morgan fingerprint density at radius 1 is 1.18 bits per heavy atom. The van der Waals surface area contributed by atoms with Gasteiger partial charge >= 0.3 is 0 Å². The van der Waals surface area contributed by atoms with Crippen molar-refractivity contribution < 1.29 is 4.74 Å². The molecule has 3 atom stereocenters. The summed E-state index contributed by atoms with van der Waals surface area (Å²) < 4.78 is 8.16. The number of hydrogen-bond acceptors (Lipinski definition) is 4. The lowest BCUT2D eigenvalue weighted by Crippen LogP contribution is -2.50. The van der Waals surface area contributed by atoms with Crippen LogP contribution >= 0.6 is 0 Å². The van der Waals surface area contributed by atoms with E-state index in [4.69, 9.17) is 4.74 Å². The zero-order valence-electron chi connectivity index (χ0n) is 12.7. The predicted octanol–water partition coefficient (Wildman–Crippen LogP) is 1.96. The van der Waals surface area contributed by atoms with Gasteiger partial charge in [-0.05, 0) is 31.0 Å². The zero-order valence-corrected chi connectivity index (χ0v) is 12.7. The maximum Gasteiger partial charge on any atom is 0.0776 e. The molecule has 5 heteroatoms. The van der Waals surface area contributed by atoms with Crippen LogP contribution < -0.4 is 0 Å². The molecule has 4 rings (SSSR count). The second kappa shape index (κ2) is 6.18. The molecule has 1 saturated carbocycles. The van der Waals surface area contributed by atoms with Crippen LogP contribution in [0.1, 0.15) is 18.5 Å². The van der Waals surface area contributed by atoms with E-state index < -0.39 is 0 Å². The molecule has 2 fully saturated rings. The molecule has 0 bridgehead atoms. The van der Waals surface area contributed by atoms with E-state index in [1.165, 1.54) is 12.8 Å². The molecule has 3 heterocycles. The highest BCUT2D eigenvalue weighted by Gasteiger charge is 2.42. The SMILES string of the molecule is c1ccc(CN2CCO[C@H]3[C@H](Cn4cccn4)CC[C@@H]32)nc1. The third-order valence-electron chi connectivity index (χ3n) is 4.91. The second-order valence-electron chi connectivity index (χ2n) is 6.26. The Hall–Kier alpha value is -1.72. The maximum absolute atomic E-state index is 6.13. The van der Waals surface area contributed by atoms with Gasteiger partial charge in [-0.2, -0.15) is 5.10 Å². The van der Waals surface area contributed by atoms with E-state index in [1.54, 1.807) is 0 Å². The summed E-state index contributed by atoms with van der Waals surface area (Å²) in [5.74, 6) is 0.566. The molecular formula is C17H22N4O. The van der Waals surface area contributed by atoms with Crippen LogP contribution in [-0.4, -0.2) is 45.0 Å². The summed E-state index contributed by atoms with van der Waals surface area (Å²) in [6, 6.07) is 8.66. The van der Waals surface area contributed by atoms with Gasteiger partial charge in [0.05, 0.1) is 18.4 Å². The summed E-state index contributed by atoms with van der Waals surface area (Å²) in [6.07, 6.45) is 8.53. The lowest BCUT2D eigenvalue weighted by atomic mass is 10.0. The fourth-order valence-electron chi connectivity index (χ4n) is 3.88. The standard InChI is InChI=1S/C17H22N4O/c1-2-7-18-15(4-1)13-20-10-11-22-17-14(5-6-16(17)20)12-21-9-3-8-19-21/h1-4,7-9,14,16-17H,5-6,10-13H2/t14-,16-,17-/m0/s1. The Morgan fingerprint density at radius 2 is 2.18 bits per heavy atom. The van der Waals surface area contributed by atoms with Gasteiger partial charge in [-0.15, -0.1) is 0 Å². The van der Waals surface area contributed by atoms with Gasteiger partial charge in [-0.25, -0.2) is 0 Å². The molecule has 2 aliphatic rings. The van der Waals surface area contributed by atoms with Crippen LogP contribution in [0.4, 0.5) is 0 Å². The number of pyridine rings is 1. The lowest BCUT2D eigenvalue weighted by molar-refractivity contribution is -0.0793. The Labute approximate surface area is 130 Å². The van der Waals surface area contributed by atoms with E-state index in [9.17, 15) is 0 Å². The van der Waals surface area contributed by atoms with Crippen LogP contribution in [0.25, 0.3) is 0 Å². The minimum Gasteiger partial charge on any atom is -0.375 e. The van der Waals surface area contributed by atoms with E-state index >= 15 is 0 Å². The lowest BCUT2D eigenvalue weighted by Gasteiger charge is -2.39. The molecule has 1 aliphatic heterocycles. The Balaban J connectivity index is 1.44. The average molecular weight is 298 g/mol. The summed E-state index contributed by atoms with van der Waals surface area (Å²) in [6.45, 7) is 3.72. The highest BCUT2D eigenvalue weighted by molar-refractivity contribution is 5.05. The van der Waals surface area contributed by atoms with Gasteiger partial charge in [-0.3, -0.25) is 14.6 Å². The fourth-order valence-corrected chi connectivity index (χ4v) is 3.88. The number of hydrogen-bond donors (Lipinski definition) is 0. The fraction of sp³-hybridized carbons (Fsp3) is 0.529. The van der Waals surface area contributed by atoms with Crippen LogP contribution in [0.3, 0.4) is 0 Å². The van der Waals surface area contributed by atoms with Crippen molar-refractivity contribution in [2.75, 3.05) is 13.2 Å². The van der Waals surface area contributed by atoms with E-state index in [1.807, 2.05) is 35.4 Å². The van der Waals surface area contributed by atoms with E-state index in [-0.39, 0.29) is 0 Å². The zero-order chi connectivity index (χ0) is 14.8. The van der Waals surface area contributed by atoms with Gasteiger partial charge in [0.1, 0.15) is 0 Å². The van der Waals surface area contributed by atoms with Crippen molar-refractivity contribution >= 4 is 0 Å². The van der Waals surface area contributed by atoms with Crippen LogP contribution in [0.2, 0.25) is 0 Å². The minimum atomic E-state index is 0.335. The van der Waals surface area contributed by atoms with E-state index in [2.05, 4.69) is 27.1 Å². The van der Waals surface area contributed by atoms with Crippen molar-refractivity contribution in [1.82, 2.24) is 19.7 Å². The first-order valence-electron chi connectivity index (χ1n) is 8.13. The molecule has 1 saturated heterocycles. The highest BCUT2D eigenvalue weighted by atomic mass is 16.5. The predicted molar refractivity (Wildman–Crippen MR) is 83.1 cm³/mol. The Kier molecular flexibility index (Phi) is 3.91. The largest absolute Gasteiger partial charge is 0.375 e. The van der Waals surface area contributed by atoms with Gasteiger partial charge in [0, 0.05) is 50.2 Å². The highest BCUT2D eigenvalue weighted by Crippen LogP contribution is 2.36. The smallest absolute Gasteiger partial charge is 0.0776 e. The van der Waals surface area contributed by atoms with Crippen molar-refractivity contribution in [2.24, 2.45) is 5.92 Å². The number of nitrogens with zero attached hydrogens (tertiary/aromatic N) is 4. The van der Waals surface area contributed by atoms with Gasteiger partial charge in [0.15, 0.2) is 0 Å². The number of ether oxygens (including phenoxy) is 1. The monoisotopic (exact) mass is 298 g/mol. The summed E-state index contributed by atoms with van der Waals surface area (Å²) >= 11 is 0. The molecule has 0 amide bonds. The first kappa shape index (κ1) is 13.9. The van der Waals surface area contributed by atoms with Crippen molar-refractivity contribution in [1.29, 1.82) is 0 Å². The van der Waals surface area contributed by atoms with Crippen LogP contribution in [-0.2, 0) is 17.8 Å². The molecule has 0 aromatic carbocycles. The van der Waals surface area contributed by atoms with Crippen molar-refractivity contribution in [3.8, 4) is 0 Å². The average Bonchev–Trinajstić information content (AvgIpc) is 3.20. The van der Waals surface area contributed by atoms with Crippen molar-refractivity contribution in [3.05, 3.63) is 48.5 Å². The van der Waals surface area contributed by atoms with Gasteiger partial charge in [-0.1, -0.05) is 6.07 Å². The number of fused-ring (bicyclic) bond motifs is 1. The van der Waals surface area contributed by atoms with Crippen LogP contribution in [0, 0.1) is 5.92 Å². The Morgan fingerprint density at radius 3 is 3.00 bits per heavy atom. The number of aromatic nitrogens is 3. The minimum absolute atomic E-state index is 0.335. The number of morpholine rings is 1. The maximum atomic E-state index is 6.13. The van der Waals surface area contributed by atoms with Gasteiger partial charge in [0.25, 0.3) is 0 Å². The summed E-state index contributed by atoms with van der Waals surface area (Å²) in [4.78, 5) is 7.03. The molecule has 22 heavy (non-hydrogen) atoms. The molecule has 0 radical (unpaired) electrons. The summed E-state index contributed by atoms with van der Waals surface area (Å²) in [7, 11) is 0. The van der Waals surface area contributed by atoms with Gasteiger partial charge in [0.2, 0.25) is 0 Å². The summed E-state index contributed by atoms with van der Waals surface area (Å²) in [5.41, 5.74) is 1.15. The molecule has 1 aliphatic carbocycles. The van der Waals surface area contributed by atoms with Crippen LogP contribution in [0.5, 0.6) is 0 Å². The molecular weight excluding hydrogens is 276 g/mol. The second-order valence-corrected chi connectivity index (χ2v) is 6.26.